The molecule has 0 aliphatic carbocycles. The van der Waals surface area contributed by atoms with E-state index in [4.69, 9.17) is 5.11 Å². The second-order valence-corrected chi connectivity index (χ2v) is 4.05. The van der Waals surface area contributed by atoms with Crippen LogP contribution in [0.4, 0.5) is 4.39 Å². The molecule has 1 heterocycles. The van der Waals surface area contributed by atoms with Crippen LogP contribution in [0.5, 0.6) is 0 Å². The summed E-state index contributed by atoms with van der Waals surface area (Å²) in [6.45, 7) is 0. The Hall–Kier alpha value is -2.24. The van der Waals surface area contributed by atoms with Crippen LogP contribution in [0.1, 0.15) is 34.7 Å². The van der Waals surface area contributed by atoms with E-state index in [9.17, 15) is 18.8 Å². The van der Waals surface area contributed by atoms with Gasteiger partial charge in [0.2, 0.25) is 11.8 Å². The summed E-state index contributed by atoms with van der Waals surface area (Å²) in [5.41, 5.74) is -0.0731. The Morgan fingerprint density at radius 2 is 2.11 bits per heavy atom. The van der Waals surface area contributed by atoms with Gasteiger partial charge in [0.25, 0.3) is 0 Å². The molecule has 5 nitrogen and oxygen atoms in total. The minimum Gasteiger partial charge on any atom is -0.478 e. The molecule has 1 aliphatic heterocycles. The zero-order chi connectivity index (χ0) is 13.3. The lowest BCUT2D eigenvalue weighted by atomic mass is 9.89. The molecule has 2 amide bonds. The quantitative estimate of drug-likeness (QED) is 0.769. The number of benzene rings is 1. The normalized spacial score (nSPS) is 19.5. The molecule has 0 saturated carbocycles. The molecule has 1 fully saturated rings. The minimum absolute atomic E-state index is 0.0138. The van der Waals surface area contributed by atoms with Gasteiger partial charge < -0.3 is 5.11 Å². The van der Waals surface area contributed by atoms with E-state index in [1.165, 1.54) is 0 Å². The topological polar surface area (TPSA) is 83.5 Å². The third-order valence-electron chi connectivity index (χ3n) is 2.86. The van der Waals surface area contributed by atoms with Crippen LogP contribution >= 0.6 is 0 Å². The zero-order valence-electron chi connectivity index (χ0n) is 9.27. The first kappa shape index (κ1) is 12.2. The molecule has 1 aliphatic rings. The van der Waals surface area contributed by atoms with Crippen LogP contribution < -0.4 is 5.32 Å². The predicted octanol–water partition coefficient (Wildman–Crippen LogP) is 1.04. The first-order valence-corrected chi connectivity index (χ1v) is 5.35. The number of hydrogen-bond donors (Lipinski definition) is 2. The molecule has 1 aromatic carbocycles. The summed E-state index contributed by atoms with van der Waals surface area (Å²) in [6, 6.07) is 3.28. The summed E-state index contributed by atoms with van der Waals surface area (Å²) < 4.78 is 13.6. The highest BCUT2D eigenvalue weighted by Crippen LogP contribution is 2.27. The molecule has 0 aromatic heterocycles. The van der Waals surface area contributed by atoms with Crippen molar-refractivity contribution in [2.45, 2.75) is 18.8 Å². The van der Waals surface area contributed by atoms with E-state index < -0.39 is 29.5 Å². The van der Waals surface area contributed by atoms with Crippen molar-refractivity contribution in [2.24, 2.45) is 0 Å². The van der Waals surface area contributed by atoms with Gasteiger partial charge in [-0.25, -0.2) is 9.18 Å². The van der Waals surface area contributed by atoms with Crippen molar-refractivity contribution in [3.63, 3.8) is 0 Å². The second kappa shape index (κ2) is 4.56. The van der Waals surface area contributed by atoms with E-state index >= 15 is 0 Å². The molecule has 1 unspecified atom stereocenters. The minimum atomic E-state index is -1.19. The van der Waals surface area contributed by atoms with Gasteiger partial charge in [-0.05, 0) is 24.6 Å². The molecule has 18 heavy (non-hydrogen) atoms. The van der Waals surface area contributed by atoms with Crippen molar-refractivity contribution in [2.75, 3.05) is 0 Å². The molecule has 6 heteroatoms. The SMILES string of the molecule is O=C1CCC(c2cc(C(=O)O)ccc2F)C(=O)N1. The molecule has 1 aromatic rings. The molecule has 2 N–H and O–H groups in total. The maximum Gasteiger partial charge on any atom is 0.335 e. The first-order chi connectivity index (χ1) is 8.49. The standard InChI is InChI=1S/C12H10FNO4/c13-9-3-1-6(12(17)18)5-8(9)7-2-4-10(15)14-11(7)16/h1,3,5,7H,2,4H2,(H,17,18)(H,14,15,16). The number of piperidine rings is 1. The molecule has 0 radical (unpaired) electrons. The number of carbonyl (C=O) groups excluding carboxylic acids is 2. The number of carboxylic acid groups (broad SMARTS) is 1. The number of rotatable bonds is 2. The van der Waals surface area contributed by atoms with Gasteiger partial charge in [-0.3, -0.25) is 14.9 Å². The first-order valence-electron chi connectivity index (χ1n) is 5.35. The van der Waals surface area contributed by atoms with E-state index in [0.717, 1.165) is 18.2 Å². The number of carbonyl (C=O) groups is 3. The van der Waals surface area contributed by atoms with Crippen molar-refractivity contribution in [3.05, 3.63) is 35.1 Å². The van der Waals surface area contributed by atoms with Crippen molar-refractivity contribution < 1.29 is 23.9 Å². The largest absolute Gasteiger partial charge is 0.478 e. The predicted molar refractivity (Wildman–Crippen MR) is 58.5 cm³/mol. The highest BCUT2D eigenvalue weighted by Gasteiger charge is 2.30. The number of nitrogens with one attached hydrogen (secondary N) is 1. The molecule has 2 rings (SSSR count). The van der Waals surface area contributed by atoms with Crippen LogP contribution in [-0.2, 0) is 9.59 Å². The lowest BCUT2D eigenvalue weighted by Gasteiger charge is -2.21. The Morgan fingerprint density at radius 3 is 2.72 bits per heavy atom. The van der Waals surface area contributed by atoms with E-state index in [2.05, 4.69) is 5.32 Å². The Balaban J connectivity index is 2.38. The Bertz CT molecular complexity index is 541. The van der Waals surface area contributed by atoms with E-state index in [1.807, 2.05) is 0 Å². The van der Waals surface area contributed by atoms with E-state index in [0.29, 0.717) is 0 Å². The zero-order valence-corrected chi connectivity index (χ0v) is 9.27. The Kier molecular flexibility index (Phi) is 3.10. The van der Waals surface area contributed by atoms with Crippen LogP contribution in [0.25, 0.3) is 0 Å². The summed E-state index contributed by atoms with van der Waals surface area (Å²) in [6.07, 6.45) is 0.303. The fourth-order valence-electron chi connectivity index (χ4n) is 1.93. The smallest absolute Gasteiger partial charge is 0.335 e. The molecule has 94 valence electrons. The molecule has 1 atom stereocenters. The number of amides is 2. The van der Waals surface area contributed by atoms with Crippen molar-refractivity contribution in [1.82, 2.24) is 5.32 Å². The van der Waals surface area contributed by atoms with E-state index in [1.54, 1.807) is 0 Å². The molecular weight excluding hydrogens is 241 g/mol. The number of hydrogen-bond acceptors (Lipinski definition) is 3. The van der Waals surface area contributed by atoms with Crippen LogP contribution in [0, 0.1) is 5.82 Å². The summed E-state index contributed by atoms with van der Waals surface area (Å²) in [5.74, 6) is -3.64. The van der Waals surface area contributed by atoms with Crippen LogP contribution in [0.2, 0.25) is 0 Å². The van der Waals surface area contributed by atoms with Gasteiger partial charge in [-0.1, -0.05) is 0 Å². The highest BCUT2D eigenvalue weighted by molar-refractivity contribution is 6.01. The van der Waals surface area contributed by atoms with Gasteiger partial charge >= 0.3 is 5.97 Å². The highest BCUT2D eigenvalue weighted by atomic mass is 19.1. The van der Waals surface area contributed by atoms with Gasteiger partial charge in [-0.2, -0.15) is 0 Å². The summed E-state index contributed by atoms with van der Waals surface area (Å²) >= 11 is 0. The number of halogens is 1. The lowest BCUT2D eigenvalue weighted by Crippen LogP contribution is -2.39. The van der Waals surface area contributed by atoms with Gasteiger partial charge in [0.15, 0.2) is 0 Å². The summed E-state index contributed by atoms with van der Waals surface area (Å²) in [7, 11) is 0. The second-order valence-electron chi connectivity index (χ2n) is 4.05. The summed E-state index contributed by atoms with van der Waals surface area (Å²) in [5, 5.41) is 10.9. The lowest BCUT2D eigenvalue weighted by molar-refractivity contribution is -0.134. The van der Waals surface area contributed by atoms with Crippen LogP contribution in [0.15, 0.2) is 18.2 Å². The number of aromatic carboxylic acids is 1. The average molecular weight is 251 g/mol. The Morgan fingerprint density at radius 1 is 1.39 bits per heavy atom. The maximum absolute atomic E-state index is 13.6. The number of imide groups is 1. The van der Waals surface area contributed by atoms with E-state index in [-0.39, 0.29) is 24.0 Å². The molecular formula is C12H10FNO4. The van der Waals surface area contributed by atoms with Crippen molar-refractivity contribution >= 4 is 17.8 Å². The molecule has 0 spiro atoms. The fourth-order valence-corrected chi connectivity index (χ4v) is 1.93. The third-order valence-corrected chi connectivity index (χ3v) is 2.86. The monoisotopic (exact) mass is 251 g/mol. The third kappa shape index (κ3) is 2.22. The van der Waals surface area contributed by atoms with Crippen LogP contribution in [-0.4, -0.2) is 22.9 Å². The summed E-state index contributed by atoms with van der Waals surface area (Å²) in [4.78, 5) is 33.4. The number of carboxylic acids is 1. The van der Waals surface area contributed by atoms with Gasteiger partial charge in [0.1, 0.15) is 5.82 Å². The average Bonchev–Trinajstić information content (AvgIpc) is 2.30. The molecule has 0 bridgehead atoms. The van der Waals surface area contributed by atoms with Crippen LogP contribution in [0.3, 0.4) is 0 Å². The van der Waals surface area contributed by atoms with Crippen molar-refractivity contribution in [1.29, 1.82) is 0 Å². The molecule has 1 saturated heterocycles. The Labute approximate surface area is 102 Å². The van der Waals surface area contributed by atoms with Gasteiger partial charge in [0.05, 0.1) is 11.5 Å². The van der Waals surface area contributed by atoms with Crippen molar-refractivity contribution in [3.8, 4) is 0 Å². The van der Waals surface area contributed by atoms with Gasteiger partial charge in [-0.15, -0.1) is 0 Å². The maximum atomic E-state index is 13.6. The fraction of sp³-hybridized carbons (Fsp3) is 0.250. The van der Waals surface area contributed by atoms with Gasteiger partial charge in [0, 0.05) is 12.0 Å².